The summed E-state index contributed by atoms with van der Waals surface area (Å²) in [6.07, 6.45) is 4.47. The topological polar surface area (TPSA) is 60.4 Å². The number of hydrogen-bond donors (Lipinski definition) is 1. The van der Waals surface area contributed by atoms with Gasteiger partial charge in [-0.05, 0) is 37.4 Å². The number of ether oxygens (including phenoxy) is 4. The number of benzene rings is 1. The molecule has 28 heavy (non-hydrogen) atoms. The van der Waals surface area contributed by atoms with Crippen molar-refractivity contribution in [2.75, 3.05) is 33.4 Å². The third-order valence-corrected chi connectivity index (χ3v) is 7.92. The molecule has 3 aliphatic heterocycles. The molecule has 2 spiro atoms. The lowest BCUT2D eigenvalue weighted by molar-refractivity contribution is -0.296. The molecule has 3 fully saturated rings. The quantitative estimate of drug-likeness (QED) is 0.801. The highest BCUT2D eigenvalue weighted by Gasteiger charge is 2.77. The van der Waals surface area contributed by atoms with Crippen LogP contribution < -0.4 is 9.47 Å². The Morgan fingerprint density at radius 2 is 2.11 bits per heavy atom. The molecule has 2 aliphatic carbocycles. The first-order valence-electron chi connectivity index (χ1n) is 10.3. The van der Waals surface area contributed by atoms with Gasteiger partial charge >= 0.3 is 0 Å². The minimum Gasteiger partial charge on any atom is -0.493 e. The van der Waals surface area contributed by atoms with Crippen molar-refractivity contribution in [1.29, 1.82) is 0 Å². The average Bonchev–Trinajstić information content (AvgIpc) is 3.30. The molecule has 2 unspecified atom stereocenters. The van der Waals surface area contributed by atoms with Crippen LogP contribution in [0.5, 0.6) is 11.5 Å². The molecule has 0 amide bonds. The molecule has 5 aliphatic rings. The summed E-state index contributed by atoms with van der Waals surface area (Å²) in [7, 11) is 1.67. The van der Waals surface area contributed by atoms with Gasteiger partial charge in [-0.1, -0.05) is 12.1 Å². The van der Waals surface area contributed by atoms with Crippen LogP contribution in [0.15, 0.2) is 24.8 Å². The third kappa shape index (κ3) is 1.75. The van der Waals surface area contributed by atoms with Crippen LogP contribution in [0.1, 0.15) is 30.4 Å². The molecule has 150 valence electrons. The van der Waals surface area contributed by atoms with E-state index in [2.05, 4.69) is 17.5 Å². The SMILES string of the molecule is C=CCN1CC[C@]23c4c5ccc(OC)c4OC2C2(CCC3(O)[C@H]1C5)OCCO2. The van der Waals surface area contributed by atoms with E-state index in [-0.39, 0.29) is 12.1 Å². The molecule has 2 bridgehead atoms. The van der Waals surface area contributed by atoms with Crippen molar-refractivity contribution in [3.8, 4) is 11.5 Å². The minimum absolute atomic E-state index is 0.0379. The van der Waals surface area contributed by atoms with E-state index in [9.17, 15) is 5.11 Å². The zero-order valence-corrected chi connectivity index (χ0v) is 16.3. The second-order valence-corrected chi connectivity index (χ2v) is 8.79. The number of rotatable bonds is 3. The van der Waals surface area contributed by atoms with Crippen molar-refractivity contribution in [2.45, 2.75) is 54.6 Å². The molecule has 6 heteroatoms. The molecule has 1 aromatic carbocycles. The molecule has 1 N–H and O–H groups in total. The van der Waals surface area contributed by atoms with Gasteiger partial charge in [0, 0.05) is 24.6 Å². The number of fused-ring (bicyclic) bond motifs is 1. The highest BCUT2D eigenvalue weighted by molar-refractivity contribution is 5.63. The summed E-state index contributed by atoms with van der Waals surface area (Å²) in [4.78, 5) is 2.38. The summed E-state index contributed by atoms with van der Waals surface area (Å²) < 4.78 is 24.6. The highest BCUT2D eigenvalue weighted by atomic mass is 16.8. The summed E-state index contributed by atoms with van der Waals surface area (Å²) >= 11 is 0. The minimum atomic E-state index is -0.885. The Bertz CT molecular complexity index is 850. The maximum atomic E-state index is 12.3. The Balaban J connectivity index is 1.61. The first-order chi connectivity index (χ1) is 13.6. The zero-order chi connectivity index (χ0) is 19.1. The summed E-state index contributed by atoms with van der Waals surface area (Å²) in [5.41, 5.74) is 0.961. The fourth-order valence-corrected chi connectivity index (χ4v) is 6.89. The summed E-state index contributed by atoms with van der Waals surface area (Å²) in [6.45, 7) is 6.75. The molecule has 3 heterocycles. The molecular formula is C22H27NO5. The molecule has 1 saturated carbocycles. The van der Waals surface area contributed by atoms with E-state index in [0.29, 0.717) is 26.1 Å². The molecule has 2 saturated heterocycles. The van der Waals surface area contributed by atoms with Gasteiger partial charge in [0.2, 0.25) is 5.79 Å². The lowest BCUT2D eigenvalue weighted by atomic mass is 9.48. The number of hydrogen-bond acceptors (Lipinski definition) is 6. The zero-order valence-electron chi connectivity index (χ0n) is 16.3. The monoisotopic (exact) mass is 385 g/mol. The molecule has 6 nitrogen and oxygen atoms in total. The standard InChI is InChI=1S/C22H27NO5/c1-3-9-23-10-8-20-17-14-4-5-15(25-2)18(17)28-19(20)22(26-11-12-27-22)7-6-21(20,24)16(23)13-14/h3-5,16,19,24H,1,6-13H2,2H3/t16-,19?,20+,21?/m1/s1. The van der Waals surface area contributed by atoms with Gasteiger partial charge in [-0.2, -0.15) is 0 Å². The molecular weight excluding hydrogens is 358 g/mol. The highest BCUT2D eigenvalue weighted by Crippen LogP contribution is 2.68. The predicted octanol–water partition coefficient (Wildman–Crippen LogP) is 1.78. The summed E-state index contributed by atoms with van der Waals surface area (Å²) in [6, 6.07) is 4.17. The summed E-state index contributed by atoms with van der Waals surface area (Å²) in [5.74, 6) is 0.722. The van der Waals surface area contributed by atoms with Crippen molar-refractivity contribution >= 4 is 0 Å². The van der Waals surface area contributed by atoms with Crippen molar-refractivity contribution in [3.05, 3.63) is 35.9 Å². The predicted molar refractivity (Wildman–Crippen MR) is 102 cm³/mol. The van der Waals surface area contributed by atoms with Gasteiger partial charge < -0.3 is 24.1 Å². The van der Waals surface area contributed by atoms with Gasteiger partial charge in [-0.3, -0.25) is 4.90 Å². The number of nitrogens with zero attached hydrogens (tertiary/aromatic N) is 1. The van der Waals surface area contributed by atoms with E-state index in [4.69, 9.17) is 18.9 Å². The van der Waals surface area contributed by atoms with Crippen molar-refractivity contribution in [3.63, 3.8) is 0 Å². The fourth-order valence-electron chi connectivity index (χ4n) is 6.89. The van der Waals surface area contributed by atoms with Crippen molar-refractivity contribution < 1.29 is 24.1 Å². The van der Waals surface area contributed by atoms with E-state index >= 15 is 0 Å². The Hall–Kier alpha value is -1.60. The second-order valence-electron chi connectivity index (χ2n) is 8.79. The van der Waals surface area contributed by atoms with E-state index in [1.165, 1.54) is 5.56 Å². The van der Waals surface area contributed by atoms with Crippen LogP contribution >= 0.6 is 0 Å². The third-order valence-electron chi connectivity index (χ3n) is 7.92. The number of methoxy groups -OCH3 is 1. The molecule has 0 aromatic heterocycles. The first-order valence-corrected chi connectivity index (χ1v) is 10.3. The number of aliphatic hydroxyl groups is 1. The average molecular weight is 385 g/mol. The van der Waals surface area contributed by atoms with E-state index in [1.54, 1.807) is 7.11 Å². The molecule has 4 atom stereocenters. The van der Waals surface area contributed by atoms with Gasteiger partial charge in [-0.25, -0.2) is 0 Å². The summed E-state index contributed by atoms with van der Waals surface area (Å²) in [5, 5.41) is 12.3. The van der Waals surface area contributed by atoms with E-state index in [1.807, 2.05) is 12.1 Å². The first kappa shape index (κ1) is 17.3. The Morgan fingerprint density at radius 1 is 1.29 bits per heavy atom. The Morgan fingerprint density at radius 3 is 2.86 bits per heavy atom. The number of likely N-dealkylation sites (tertiary alicyclic amines) is 1. The molecule has 0 radical (unpaired) electrons. The van der Waals surface area contributed by atoms with Crippen LogP contribution in [-0.2, 0) is 21.3 Å². The smallest absolute Gasteiger partial charge is 0.207 e. The molecule has 6 rings (SSSR count). The maximum absolute atomic E-state index is 12.3. The second kappa shape index (κ2) is 5.51. The maximum Gasteiger partial charge on any atom is 0.207 e. The largest absolute Gasteiger partial charge is 0.493 e. The van der Waals surface area contributed by atoms with Crippen molar-refractivity contribution in [1.82, 2.24) is 4.90 Å². The van der Waals surface area contributed by atoms with Gasteiger partial charge in [0.25, 0.3) is 0 Å². The van der Waals surface area contributed by atoms with Crippen LogP contribution in [0.2, 0.25) is 0 Å². The van der Waals surface area contributed by atoms with Gasteiger partial charge in [0.05, 0.1) is 31.3 Å². The lowest BCUT2D eigenvalue weighted by Gasteiger charge is -2.65. The Kier molecular flexibility index (Phi) is 3.40. The van der Waals surface area contributed by atoms with Crippen LogP contribution in [0.4, 0.5) is 0 Å². The normalized spacial score (nSPS) is 39.5. The van der Waals surface area contributed by atoms with Gasteiger partial charge in [-0.15, -0.1) is 6.58 Å². The Labute approximate surface area is 165 Å². The fraction of sp³-hybridized carbons (Fsp3) is 0.636. The van der Waals surface area contributed by atoms with Crippen molar-refractivity contribution in [2.24, 2.45) is 0 Å². The molecule has 1 aromatic rings. The van der Waals surface area contributed by atoms with Crippen LogP contribution in [0.25, 0.3) is 0 Å². The van der Waals surface area contributed by atoms with Gasteiger partial charge in [0.1, 0.15) is 0 Å². The van der Waals surface area contributed by atoms with E-state index in [0.717, 1.165) is 43.0 Å². The number of piperidine rings is 1. The van der Waals surface area contributed by atoms with Crippen LogP contribution in [0, 0.1) is 0 Å². The van der Waals surface area contributed by atoms with Crippen LogP contribution in [0.3, 0.4) is 0 Å². The van der Waals surface area contributed by atoms with E-state index < -0.39 is 16.8 Å². The van der Waals surface area contributed by atoms with Gasteiger partial charge in [0.15, 0.2) is 17.6 Å². The lowest BCUT2D eigenvalue weighted by Crippen LogP contribution is -2.79. The van der Waals surface area contributed by atoms with Crippen LogP contribution in [-0.4, -0.2) is 67.0 Å².